The summed E-state index contributed by atoms with van der Waals surface area (Å²) in [6, 6.07) is 9.73. The van der Waals surface area contributed by atoms with E-state index in [0.29, 0.717) is 5.69 Å². The van der Waals surface area contributed by atoms with Crippen molar-refractivity contribution in [3.8, 4) is 5.69 Å². The van der Waals surface area contributed by atoms with Gasteiger partial charge in [0.25, 0.3) is 5.91 Å². The highest BCUT2D eigenvalue weighted by Gasteiger charge is 2.28. The zero-order valence-corrected chi connectivity index (χ0v) is 14.8. The van der Waals surface area contributed by atoms with E-state index in [1.54, 1.807) is 0 Å². The van der Waals surface area contributed by atoms with Crippen molar-refractivity contribution in [3.63, 3.8) is 0 Å². The van der Waals surface area contributed by atoms with E-state index in [2.05, 4.69) is 10.4 Å². The van der Waals surface area contributed by atoms with E-state index in [0.717, 1.165) is 36.2 Å². The maximum Gasteiger partial charge on any atom is 0.359 e. The number of aromatic nitrogens is 2. The summed E-state index contributed by atoms with van der Waals surface area (Å²) in [6.45, 7) is 5.33. The second-order valence-corrected chi connectivity index (χ2v) is 7.25. The largest absolute Gasteiger partial charge is 0.451 e. The van der Waals surface area contributed by atoms with Crippen LogP contribution in [0, 0.1) is 0 Å². The van der Waals surface area contributed by atoms with E-state index in [1.807, 2.05) is 55.8 Å². The Kier molecular flexibility index (Phi) is 4.61. The predicted molar refractivity (Wildman–Crippen MR) is 93.8 cm³/mol. The quantitative estimate of drug-likeness (QED) is 0.867. The Labute approximate surface area is 147 Å². The fourth-order valence-corrected chi connectivity index (χ4v) is 3.04. The SMILES string of the molecule is CC(C)(C)NC(=O)COC(=O)c1nn(-c2ccccc2)c2c1CCC2. The average Bonchev–Trinajstić information content (AvgIpc) is 3.14. The van der Waals surface area contributed by atoms with Crippen LogP contribution in [0.3, 0.4) is 0 Å². The fourth-order valence-electron chi connectivity index (χ4n) is 3.04. The van der Waals surface area contributed by atoms with Crippen LogP contribution in [-0.4, -0.2) is 33.8 Å². The molecule has 0 unspecified atom stereocenters. The third-order valence-electron chi connectivity index (χ3n) is 3.97. The number of carbonyl (C=O) groups is 2. The van der Waals surface area contributed by atoms with Gasteiger partial charge in [0.1, 0.15) is 0 Å². The van der Waals surface area contributed by atoms with Crippen molar-refractivity contribution in [1.29, 1.82) is 0 Å². The Morgan fingerprint density at radius 3 is 2.60 bits per heavy atom. The zero-order chi connectivity index (χ0) is 18.0. The maximum absolute atomic E-state index is 12.4. The number of nitrogens with one attached hydrogen (secondary N) is 1. The summed E-state index contributed by atoms with van der Waals surface area (Å²) in [5, 5.41) is 7.23. The lowest BCUT2D eigenvalue weighted by atomic mass is 10.1. The molecule has 1 aliphatic rings. The second-order valence-electron chi connectivity index (χ2n) is 7.25. The molecule has 0 saturated carbocycles. The van der Waals surface area contributed by atoms with Crippen molar-refractivity contribution >= 4 is 11.9 Å². The van der Waals surface area contributed by atoms with E-state index in [4.69, 9.17) is 4.74 Å². The van der Waals surface area contributed by atoms with Crippen molar-refractivity contribution in [1.82, 2.24) is 15.1 Å². The number of rotatable bonds is 4. The van der Waals surface area contributed by atoms with Gasteiger partial charge in [0.15, 0.2) is 12.3 Å². The molecule has 1 aromatic carbocycles. The van der Waals surface area contributed by atoms with Crippen molar-refractivity contribution in [2.24, 2.45) is 0 Å². The molecular weight excluding hydrogens is 318 g/mol. The van der Waals surface area contributed by atoms with Crippen molar-refractivity contribution in [3.05, 3.63) is 47.3 Å². The fraction of sp³-hybridized carbons (Fsp3) is 0.421. The summed E-state index contributed by atoms with van der Waals surface area (Å²) in [7, 11) is 0. The van der Waals surface area contributed by atoms with Crippen LogP contribution in [0.4, 0.5) is 0 Å². The summed E-state index contributed by atoms with van der Waals surface area (Å²) in [4.78, 5) is 24.3. The first-order valence-corrected chi connectivity index (χ1v) is 8.49. The average molecular weight is 341 g/mol. The van der Waals surface area contributed by atoms with Crippen molar-refractivity contribution in [2.45, 2.75) is 45.6 Å². The normalized spacial score (nSPS) is 13.4. The molecular formula is C19H23N3O3. The number of carbonyl (C=O) groups excluding carboxylic acids is 2. The number of hydrogen-bond acceptors (Lipinski definition) is 4. The number of nitrogens with zero attached hydrogens (tertiary/aromatic N) is 2. The van der Waals surface area contributed by atoms with E-state index in [-0.39, 0.29) is 18.1 Å². The Morgan fingerprint density at radius 1 is 1.20 bits per heavy atom. The number of fused-ring (bicyclic) bond motifs is 1. The third-order valence-corrected chi connectivity index (χ3v) is 3.97. The molecule has 0 saturated heterocycles. The Hall–Kier alpha value is -2.63. The Balaban J connectivity index is 1.77. The minimum absolute atomic E-state index is 0.303. The second kappa shape index (κ2) is 6.70. The van der Waals surface area contributed by atoms with Crippen LogP contribution >= 0.6 is 0 Å². The molecule has 25 heavy (non-hydrogen) atoms. The molecule has 2 aromatic rings. The van der Waals surface area contributed by atoms with Gasteiger partial charge in [0.2, 0.25) is 0 Å². The number of ether oxygens (including phenoxy) is 1. The van der Waals surface area contributed by atoms with Gasteiger partial charge in [-0.1, -0.05) is 18.2 Å². The summed E-state index contributed by atoms with van der Waals surface area (Å²) in [5.74, 6) is -0.864. The topological polar surface area (TPSA) is 73.2 Å². The molecule has 132 valence electrons. The predicted octanol–water partition coefficient (Wildman–Crippen LogP) is 2.43. The van der Waals surface area contributed by atoms with Crippen LogP contribution in [-0.2, 0) is 22.4 Å². The minimum atomic E-state index is -0.545. The first-order chi connectivity index (χ1) is 11.8. The van der Waals surface area contributed by atoms with Crippen LogP contribution in [0.2, 0.25) is 0 Å². The summed E-state index contributed by atoms with van der Waals surface area (Å²) >= 11 is 0. The Morgan fingerprint density at radius 2 is 1.92 bits per heavy atom. The van der Waals surface area contributed by atoms with Gasteiger partial charge in [-0.05, 0) is 52.2 Å². The molecule has 1 heterocycles. The van der Waals surface area contributed by atoms with Gasteiger partial charge in [-0.3, -0.25) is 4.79 Å². The van der Waals surface area contributed by atoms with Gasteiger partial charge in [0, 0.05) is 16.8 Å². The molecule has 0 aliphatic heterocycles. The van der Waals surface area contributed by atoms with Gasteiger partial charge in [-0.25, -0.2) is 9.48 Å². The number of esters is 1. The number of benzene rings is 1. The van der Waals surface area contributed by atoms with Gasteiger partial charge >= 0.3 is 5.97 Å². The summed E-state index contributed by atoms with van der Waals surface area (Å²) in [6.07, 6.45) is 2.68. The van der Waals surface area contributed by atoms with Crippen molar-refractivity contribution < 1.29 is 14.3 Å². The summed E-state index contributed by atoms with van der Waals surface area (Å²) in [5.41, 5.74) is 2.87. The molecule has 0 spiro atoms. The monoisotopic (exact) mass is 341 g/mol. The number of amides is 1. The van der Waals surface area contributed by atoms with Gasteiger partial charge in [-0.15, -0.1) is 0 Å². The van der Waals surface area contributed by atoms with E-state index >= 15 is 0 Å². The molecule has 3 rings (SSSR count). The standard InChI is InChI=1S/C19H23N3O3/c1-19(2,3)20-16(23)12-25-18(24)17-14-10-7-11-15(14)22(21-17)13-8-5-4-6-9-13/h4-6,8-9H,7,10-12H2,1-3H3,(H,20,23). The highest BCUT2D eigenvalue weighted by atomic mass is 16.5. The first kappa shape index (κ1) is 17.2. The van der Waals surface area contributed by atoms with Crippen LogP contribution in [0.25, 0.3) is 5.69 Å². The van der Waals surface area contributed by atoms with Crippen molar-refractivity contribution in [2.75, 3.05) is 6.61 Å². The molecule has 1 amide bonds. The molecule has 1 N–H and O–H groups in total. The summed E-state index contributed by atoms with van der Waals surface area (Å²) < 4.78 is 7.00. The van der Waals surface area contributed by atoms with E-state index in [1.165, 1.54) is 0 Å². The third kappa shape index (κ3) is 3.90. The van der Waals surface area contributed by atoms with Gasteiger partial charge in [-0.2, -0.15) is 5.10 Å². The lowest BCUT2D eigenvalue weighted by Crippen LogP contribution is -2.42. The highest BCUT2D eigenvalue weighted by molar-refractivity contribution is 5.91. The van der Waals surface area contributed by atoms with Crippen LogP contribution in [0.1, 0.15) is 48.9 Å². The molecule has 0 bridgehead atoms. The first-order valence-electron chi connectivity index (χ1n) is 8.49. The zero-order valence-electron chi connectivity index (χ0n) is 14.8. The lowest BCUT2D eigenvalue weighted by Gasteiger charge is -2.20. The molecule has 0 fully saturated rings. The molecule has 6 heteroatoms. The van der Waals surface area contributed by atoms with E-state index < -0.39 is 5.97 Å². The van der Waals surface area contributed by atoms with Crippen LogP contribution in [0.5, 0.6) is 0 Å². The molecule has 1 aliphatic carbocycles. The maximum atomic E-state index is 12.4. The minimum Gasteiger partial charge on any atom is -0.451 e. The molecule has 6 nitrogen and oxygen atoms in total. The van der Waals surface area contributed by atoms with E-state index in [9.17, 15) is 9.59 Å². The smallest absolute Gasteiger partial charge is 0.359 e. The molecule has 1 aromatic heterocycles. The highest BCUT2D eigenvalue weighted by Crippen LogP contribution is 2.28. The van der Waals surface area contributed by atoms with Crippen LogP contribution < -0.4 is 5.32 Å². The molecule has 0 atom stereocenters. The number of para-hydroxylation sites is 1. The van der Waals surface area contributed by atoms with Gasteiger partial charge in [0.05, 0.1) is 5.69 Å². The van der Waals surface area contributed by atoms with Crippen LogP contribution in [0.15, 0.2) is 30.3 Å². The number of hydrogen-bond donors (Lipinski definition) is 1. The lowest BCUT2D eigenvalue weighted by molar-refractivity contribution is -0.125. The van der Waals surface area contributed by atoms with Gasteiger partial charge < -0.3 is 10.1 Å². The molecule has 0 radical (unpaired) electrons. The Bertz CT molecular complexity index is 788.